The van der Waals surface area contributed by atoms with E-state index in [1.165, 1.54) is 13.2 Å². The van der Waals surface area contributed by atoms with Crippen LogP contribution in [0.1, 0.15) is 12.5 Å². The zero-order chi connectivity index (χ0) is 11.8. The van der Waals surface area contributed by atoms with E-state index < -0.39 is 0 Å². The Kier molecular flexibility index (Phi) is 5.12. The van der Waals surface area contributed by atoms with Gasteiger partial charge in [0.2, 0.25) is 0 Å². The second-order valence-electron chi connectivity index (χ2n) is 3.21. The maximum atomic E-state index is 10.8. The second kappa shape index (κ2) is 6.67. The van der Waals surface area contributed by atoms with Crippen molar-refractivity contribution in [1.29, 1.82) is 0 Å². The first kappa shape index (κ1) is 12.3. The molecule has 0 aromatic heterocycles. The van der Waals surface area contributed by atoms with Gasteiger partial charge in [0.25, 0.3) is 0 Å². The number of methoxy groups -OCH3 is 1. The zero-order valence-electron chi connectivity index (χ0n) is 9.60. The molecule has 0 spiro atoms. The topological polar surface area (TPSA) is 35.5 Å². The fraction of sp³-hybridized carbons (Fsp3) is 0.308. The maximum Gasteiger partial charge on any atom is 0.330 e. The number of carbonyl (C=O) groups excluding carboxylic acids is 1. The van der Waals surface area contributed by atoms with Crippen molar-refractivity contribution >= 4 is 5.97 Å². The Hall–Kier alpha value is -1.77. The molecule has 1 rings (SSSR count). The van der Waals surface area contributed by atoms with Crippen molar-refractivity contribution in [3.8, 4) is 5.75 Å². The van der Waals surface area contributed by atoms with Gasteiger partial charge in [-0.1, -0.05) is 18.2 Å². The third-order valence-corrected chi connectivity index (χ3v) is 2.04. The number of ether oxygens (including phenoxy) is 2. The van der Waals surface area contributed by atoms with E-state index in [1.807, 2.05) is 31.2 Å². The molecule has 16 heavy (non-hydrogen) atoms. The Morgan fingerprint density at radius 1 is 1.31 bits per heavy atom. The van der Waals surface area contributed by atoms with Gasteiger partial charge >= 0.3 is 5.97 Å². The SMILES string of the molecule is CCOc1ccc(C/C=C/C(=O)OC)cc1. The summed E-state index contributed by atoms with van der Waals surface area (Å²) < 4.78 is 9.82. The van der Waals surface area contributed by atoms with Crippen LogP contribution < -0.4 is 4.74 Å². The molecule has 0 radical (unpaired) electrons. The molecule has 0 aliphatic rings. The molecular formula is C13H16O3. The summed E-state index contributed by atoms with van der Waals surface area (Å²) >= 11 is 0. The summed E-state index contributed by atoms with van der Waals surface area (Å²) in [6, 6.07) is 7.80. The van der Waals surface area contributed by atoms with Crippen molar-refractivity contribution in [2.75, 3.05) is 13.7 Å². The predicted octanol–water partition coefficient (Wildman–Crippen LogP) is 2.36. The number of rotatable bonds is 5. The Bertz CT molecular complexity index is 352. The van der Waals surface area contributed by atoms with Gasteiger partial charge in [-0.05, 0) is 31.0 Å². The van der Waals surface area contributed by atoms with E-state index in [-0.39, 0.29) is 5.97 Å². The van der Waals surface area contributed by atoms with E-state index in [9.17, 15) is 4.79 Å². The maximum absolute atomic E-state index is 10.8. The molecule has 3 heteroatoms. The number of allylic oxidation sites excluding steroid dienone is 1. The Balaban J connectivity index is 2.49. The molecule has 0 amide bonds. The van der Waals surface area contributed by atoms with E-state index >= 15 is 0 Å². The minimum Gasteiger partial charge on any atom is -0.494 e. The molecule has 0 fully saturated rings. The van der Waals surface area contributed by atoms with Crippen molar-refractivity contribution < 1.29 is 14.3 Å². The molecule has 0 aliphatic carbocycles. The van der Waals surface area contributed by atoms with Crippen molar-refractivity contribution in [3.05, 3.63) is 42.0 Å². The van der Waals surface area contributed by atoms with Crippen LogP contribution in [-0.2, 0) is 16.0 Å². The summed E-state index contributed by atoms with van der Waals surface area (Å²) in [7, 11) is 1.36. The van der Waals surface area contributed by atoms with Gasteiger partial charge in [-0.15, -0.1) is 0 Å². The lowest BCUT2D eigenvalue weighted by Gasteiger charge is -2.03. The van der Waals surface area contributed by atoms with Gasteiger partial charge in [-0.3, -0.25) is 0 Å². The smallest absolute Gasteiger partial charge is 0.330 e. The van der Waals surface area contributed by atoms with Gasteiger partial charge in [-0.25, -0.2) is 4.79 Å². The summed E-state index contributed by atoms with van der Waals surface area (Å²) in [6.07, 6.45) is 3.92. The number of esters is 1. The number of hydrogen-bond acceptors (Lipinski definition) is 3. The molecule has 0 atom stereocenters. The lowest BCUT2D eigenvalue weighted by atomic mass is 10.1. The number of hydrogen-bond donors (Lipinski definition) is 0. The lowest BCUT2D eigenvalue weighted by molar-refractivity contribution is -0.134. The molecule has 86 valence electrons. The van der Waals surface area contributed by atoms with E-state index in [4.69, 9.17) is 4.74 Å². The summed E-state index contributed by atoms with van der Waals surface area (Å²) in [5.74, 6) is 0.536. The van der Waals surface area contributed by atoms with Gasteiger partial charge in [0.15, 0.2) is 0 Å². The molecule has 0 bridgehead atoms. The van der Waals surface area contributed by atoms with E-state index in [0.717, 1.165) is 11.3 Å². The zero-order valence-corrected chi connectivity index (χ0v) is 9.60. The molecule has 3 nitrogen and oxygen atoms in total. The number of benzene rings is 1. The molecule has 1 aromatic rings. The van der Waals surface area contributed by atoms with Crippen molar-refractivity contribution in [1.82, 2.24) is 0 Å². The highest BCUT2D eigenvalue weighted by atomic mass is 16.5. The van der Waals surface area contributed by atoms with Gasteiger partial charge < -0.3 is 9.47 Å². The molecule has 0 saturated carbocycles. The monoisotopic (exact) mass is 220 g/mol. The average molecular weight is 220 g/mol. The van der Waals surface area contributed by atoms with Crippen LogP contribution in [0.2, 0.25) is 0 Å². The third kappa shape index (κ3) is 4.17. The third-order valence-electron chi connectivity index (χ3n) is 2.04. The fourth-order valence-corrected chi connectivity index (χ4v) is 1.25. The average Bonchev–Trinajstić information content (AvgIpc) is 2.31. The van der Waals surface area contributed by atoms with Crippen LogP contribution in [0, 0.1) is 0 Å². The van der Waals surface area contributed by atoms with Gasteiger partial charge in [-0.2, -0.15) is 0 Å². The van der Waals surface area contributed by atoms with E-state index in [2.05, 4.69) is 4.74 Å². The van der Waals surface area contributed by atoms with E-state index in [0.29, 0.717) is 13.0 Å². The van der Waals surface area contributed by atoms with Crippen LogP contribution in [0.4, 0.5) is 0 Å². The fourth-order valence-electron chi connectivity index (χ4n) is 1.25. The summed E-state index contributed by atoms with van der Waals surface area (Å²) in [6.45, 7) is 2.62. The van der Waals surface area contributed by atoms with Crippen LogP contribution >= 0.6 is 0 Å². The van der Waals surface area contributed by atoms with Gasteiger partial charge in [0.1, 0.15) is 5.75 Å². The van der Waals surface area contributed by atoms with Gasteiger partial charge in [0.05, 0.1) is 13.7 Å². The first-order chi connectivity index (χ1) is 7.76. The second-order valence-corrected chi connectivity index (χ2v) is 3.21. The van der Waals surface area contributed by atoms with Crippen LogP contribution in [-0.4, -0.2) is 19.7 Å². The van der Waals surface area contributed by atoms with E-state index in [1.54, 1.807) is 6.08 Å². The minimum absolute atomic E-state index is 0.328. The standard InChI is InChI=1S/C13H16O3/c1-3-16-12-9-7-11(8-10-12)5-4-6-13(14)15-2/h4,6-10H,3,5H2,1-2H3/b6-4+. The Morgan fingerprint density at radius 3 is 2.56 bits per heavy atom. The summed E-state index contributed by atoms with van der Waals surface area (Å²) in [5.41, 5.74) is 1.13. The van der Waals surface area contributed by atoms with Crippen molar-refractivity contribution in [3.63, 3.8) is 0 Å². The molecule has 0 aliphatic heterocycles. The van der Waals surface area contributed by atoms with Crippen molar-refractivity contribution in [2.24, 2.45) is 0 Å². The summed E-state index contributed by atoms with van der Waals surface area (Å²) in [4.78, 5) is 10.8. The first-order valence-corrected chi connectivity index (χ1v) is 5.22. The van der Waals surface area contributed by atoms with Crippen LogP contribution in [0.5, 0.6) is 5.75 Å². The normalized spacial score (nSPS) is 10.4. The lowest BCUT2D eigenvalue weighted by Crippen LogP contribution is -1.94. The molecule has 1 aromatic carbocycles. The Morgan fingerprint density at radius 2 is 2.00 bits per heavy atom. The highest BCUT2D eigenvalue weighted by Gasteiger charge is 1.94. The highest BCUT2D eigenvalue weighted by Crippen LogP contribution is 2.12. The Labute approximate surface area is 95.7 Å². The molecule has 0 heterocycles. The largest absolute Gasteiger partial charge is 0.494 e. The molecule has 0 unspecified atom stereocenters. The van der Waals surface area contributed by atoms with Crippen LogP contribution in [0.25, 0.3) is 0 Å². The van der Waals surface area contributed by atoms with Gasteiger partial charge in [0, 0.05) is 6.08 Å². The first-order valence-electron chi connectivity index (χ1n) is 5.22. The molecular weight excluding hydrogens is 204 g/mol. The van der Waals surface area contributed by atoms with Crippen LogP contribution in [0.15, 0.2) is 36.4 Å². The quantitative estimate of drug-likeness (QED) is 0.564. The van der Waals surface area contributed by atoms with Crippen LogP contribution in [0.3, 0.4) is 0 Å². The van der Waals surface area contributed by atoms with Crippen molar-refractivity contribution in [2.45, 2.75) is 13.3 Å². The molecule has 0 saturated heterocycles. The summed E-state index contributed by atoms with van der Waals surface area (Å²) in [5, 5.41) is 0. The predicted molar refractivity (Wildman–Crippen MR) is 62.5 cm³/mol. The minimum atomic E-state index is -0.328. The molecule has 0 N–H and O–H groups in total. The highest BCUT2D eigenvalue weighted by molar-refractivity contribution is 5.81. The number of carbonyl (C=O) groups is 1.